The summed E-state index contributed by atoms with van der Waals surface area (Å²) in [5.41, 5.74) is 1.38. The lowest BCUT2D eigenvalue weighted by Crippen LogP contribution is -2.31. The van der Waals surface area contributed by atoms with Crippen LogP contribution in [-0.2, 0) is 4.79 Å². The molecule has 0 spiro atoms. The predicted octanol–water partition coefficient (Wildman–Crippen LogP) is 6.28. The Balaban J connectivity index is 1.64. The highest BCUT2D eigenvalue weighted by Crippen LogP contribution is 2.43. The van der Waals surface area contributed by atoms with Crippen LogP contribution < -0.4 is 14.4 Å². The fourth-order valence-electron chi connectivity index (χ4n) is 4.43. The van der Waals surface area contributed by atoms with Gasteiger partial charge in [-0.15, -0.1) is 0 Å². The molecule has 1 aliphatic heterocycles. The molecule has 3 aromatic carbocycles. The number of carbonyl (C=O) groups excluding carboxylic acids is 2. The number of rotatable bonds is 7. The molecule has 0 saturated carbocycles. The molecule has 5 rings (SSSR count). The van der Waals surface area contributed by atoms with Gasteiger partial charge in [0.2, 0.25) is 5.78 Å². The first-order valence-corrected chi connectivity index (χ1v) is 11.7. The number of Topliss-reactive ketones (excluding diaryl/α,β-unsaturated/α-hetero) is 1. The summed E-state index contributed by atoms with van der Waals surface area (Å²) in [6, 6.07) is 19.9. The Bertz CT molecular complexity index is 1510. The number of halogens is 1. The van der Waals surface area contributed by atoms with Gasteiger partial charge in [-0.25, -0.2) is 0 Å². The van der Waals surface area contributed by atoms with Gasteiger partial charge < -0.3 is 19.0 Å². The molecule has 0 aliphatic carbocycles. The number of methoxy groups -OCH3 is 1. The van der Waals surface area contributed by atoms with E-state index in [4.69, 9.17) is 25.5 Å². The molecule has 1 unspecified atom stereocenters. The maximum Gasteiger partial charge on any atom is 0.294 e. The average Bonchev–Trinajstić information content (AvgIpc) is 3.43. The van der Waals surface area contributed by atoms with Gasteiger partial charge in [0.05, 0.1) is 25.3 Å². The number of anilines is 1. The highest BCUT2D eigenvalue weighted by molar-refractivity contribution is 6.31. The molecule has 0 radical (unpaired) electrons. The van der Waals surface area contributed by atoms with Crippen LogP contribution in [0.15, 0.2) is 88.5 Å². The monoisotopic (exact) mass is 503 g/mol. The topological polar surface area (TPSA) is 89.2 Å². The lowest BCUT2D eigenvalue weighted by Gasteiger charge is -2.27. The van der Waals surface area contributed by atoms with Crippen molar-refractivity contribution in [3.8, 4) is 11.5 Å². The number of hydrogen-bond acceptors (Lipinski definition) is 6. The van der Waals surface area contributed by atoms with Gasteiger partial charge in [-0.3, -0.25) is 14.5 Å². The second-order valence-electron chi connectivity index (χ2n) is 8.15. The Morgan fingerprint density at radius 3 is 2.58 bits per heavy atom. The number of ether oxygens (including phenoxy) is 2. The fourth-order valence-corrected chi connectivity index (χ4v) is 4.64. The summed E-state index contributed by atoms with van der Waals surface area (Å²) < 4.78 is 16.8. The van der Waals surface area contributed by atoms with Gasteiger partial charge in [0, 0.05) is 28.2 Å². The fraction of sp³-hybridized carbons (Fsp3) is 0.143. The molecule has 36 heavy (non-hydrogen) atoms. The van der Waals surface area contributed by atoms with Crippen LogP contribution in [-0.4, -0.2) is 30.5 Å². The number of furan rings is 1. The Hall–Kier alpha value is -4.23. The second-order valence-corrected chi connectivity index (χ2v) is 8.58. The summed E-state index contributed by atoms with van der Waals surface area (Å²) in [6.07, 6.45) is 0. The van der Waals surface area contributed by atoms with Gasteiger partial charge >= 0.3 is 0 Å². The van der Waals surface area contributed by atoms with Crippen molar-refractivity contribution < 1.29 is 28.6 Å². The van der Waals surface area contributed by atoms with Crippen LogP contribution in [0.5, 0.6) is 11.5 Å². The molecule has 4 aromatic rings. The van der Waals surface area contributed by atoms with Crippen LogP contribution in [0.2, 0.25) is 5.02 Å². The van der Waals surface area contributed by atoms with Crippen LogP contribution in [0.1, 0.15) is 29.1 Å². The van der Waals surface area contributed by atoms with Crippen molar-refractivity contribution in [3.05, 3.63) is 100 Å². The van der Waals surface area contributed by atoms with Gasteiger partial charge in [0.25, 0.3) is 5.91 Å². The molecule has 1 atom stereocenters. The highest BCUT2D eigenvalue weighted by Gasteiger charge is 2.45. The average molecular weight is 504 g/mol. The van der Waals surface area contributed by atoms with Gasteiger partial charge in [-0.05, 0) is 36.8 Å². The first-order valence-electron chi connectivity index (χ1n) is 11.3. The summed E-state index contributed by atoms with van der Waals surface area (Å²) in [5.74, 6) is -1.07. The Morgan fingerprint density at radius 2 is 1.86 bits per heavy atom. The lowest BCUT2D eigenvalue weighted by molar-refractivity contribution is -0.117. The van der Waals surface area contributed by atoms with Gasteiger partial charge in [0.1, 0.15) is 5.75 Å². The van der Waals surface area contributed by atoms with Crippen molar-refractivity contribution in [2.24, 2.45) is 0 Å². The van der Waals surface area contributed by atoms with E-state index in [0.29, 0.717) is 45.3 Å². The van der Waals surface area contributed by atoms with Crippen molar-refractivity contribution in [2.75, 3.05) is 18.6 Å². The zero-order chi connectivity index (χ0) is 25.4. The maximum absolute atomic E-state index is 13.8. The molecule has 1 N–H and O–H groups in total. The van der Waals surface area contributed by atoms with E-state index in [2.05, 4.69) is 0 Å². The minimum atomic E-state index is -0.887. The van der Waals surface area contributed by atoms with Gasteiger partial charge in [-0.1, -0.05) is 48.0 Å². The number of amides is 1. The Morgan fingerprint density at radius 1 is 1.08 bits per heavy atom. The summed E-state index contributed by atoms with van der Waals surface area (Å²) >= 11 is 6.17. The van der Waals surface area contributed by atoms with Crippen LogP contribution in [0, 0.1) is 0 Å². The van der Waals surface area contributed by atoms with E-state index >= 15 is 0 Å². The summed E-state index contributed by atoms with van der Waals surface area (Å²) in [6.45, 7) is 2.31. The molecule has 0 fully saturated rings. The number of aliphatic hydroxyl groups is 1. The Kier molecular flexibility index (Phi) is 6.16. The standard InChI is InChI=1S/C28H22ClNO6/c1-3-35-20-11-7-10-19(15-20)30-24(16-8-5-4-6-9-16)23(26(32)28(30)33)25(31)21-13-17-12-18(29)14-22(34-2)27(17)36-21/h4-15,24,32H,3H2,1-2H3. The number of carbonyl (C=O) groups is 2. The Labute approximate surface area is 212 Å². The third kappa shape index (κ3) is 3.97. The zero-order valence-electron chi connectivity index (χ0n) is 19.5. The lowest BCUT2D eigenvalue weighted by atomic mass is 9.95. The van der Waals surface area contributed by atoms with Crippen molar-refractivity contribution in [3.63, 3.8) is 0 Å². The molecule has 8 heteroatoms. The number of aliphatic hydroxyl groups excluding tert-OH is 1. The largest absolute Gasteiger partial charge is 0.503 e. The number of hydrogen-bond donors (Lipinski definition) is 1. The van der Waals surface area contributed by atoms with E-state index in [1.807, 2.05) is 13.0 Å². The van der Waals surface area contributed by atoms with Crippen LogP contribution in [0.4, 0.5) is 5.69 Å². The summed E-state index contributed by atoms with van der Waals surface area (Å²) in [5, 5.41) is 12.0. The normalized spacial score (nSPS) is 15.6. The molecule has 7 nitrogen and oxygen atoms in total. The van der Waals surface area contributed by atoms with E-state index in [1.54, 1.807) is 60.7 Å². The molecule has 2 heterocycles. The van der Waals surface area contributed by atoms with E-state index < -0.39 is 23.5 Å². The molecular formula is C28H22ClNO6. The molecular weight excluding hydrogens is 482 g/mol. The molecule has 1 amide bonds. The number of benzene rings is 3. The van der Waals surface area contributed by atoms with Crippen molar-refractivity contribution in [1.82, 2.24) is 0 Å². The zero-order valence-corrected chi connectivity index (χ0v) is 20.3. The molecule has 0 bridgehead atoms. The van der Waals surface area contributed by atoms with Crippen molar-refractivity contribution in [2.45, 2.75) is 13.0 Å². The van der Waals surface area contributed by atoms with Crippen LogP contribution >= 0.6 is 11.6 Å². The first-order chi connectivity index (χ1) is 17.4. The van der Waals surface area contributed by atoms with E-state index in [0.717, 1.165) is 0 Å². The van der Waals surface area contributed by atoms with Crippen LogP contribution in [0.25, 0.3) is 11.0 Å². The van der Waals surface area contributed by atoms with Crippen molar-refractivity contribution in [1.29, 1.82) is 0 Å². The molecule has 182 valence electrons. The molecule has 1 aromatic heterocycles. The second kappa shape index (κ2) is 9.43. The minimum Gasteiger partial charge on any atom is -0.503 e. The smallest absolute Gasteiger partial charge is 0.294 e. The van der Waals surface area contributed by atoms with Gasteiger partial charge in [0.15, 0.2) is 22.9 Å². The van der Waals surface area contributed by atoms with Crippen LogP contribution in [0.3, 0.4) is 0 Å². The molecule has 0 saturated heterocycles. The number of ketones is 1. The van der Waals surface area contributed by atoms with Gasteiger partial charge in [-0.2, -0.15) is 0 Å². The number of nitrogens with zero attached hydrogens (tertiary/aromatic N) is 1. The SMILES string of the molecule is CCOc1cccc(N2C(=O)C(O)=C(C(=O)c3cc4cc(Cl)cc(OC)c4o3)C2c2ccccc2)c1. The molecule has 1 aliphatic rings. The number of fused-ring (bicyclic) bond motifs is 1. The highest BCUT2D eigenvalue weighted by atomic mass is 35.5. The summed E-state index contributed by atoms with van der Waals surface area (Å²) in [4.78, 5) is 28.6. The maximum atomic E-state index is 13.8. The third-order valence-electron chi connectivity index (χ3n) is 5.97. The summed E-state index contributed by atoms with van der Waals surface area (Å²) in [7, 11) is 1.47. The van der Waals surface area contributed by atoms with E-state index in [-0.39, 0.29) is 11.3 Å². The van der Waals surface area contributed by atoms with E-state index in [9.17, 15) is 14.7 Å². The van der Waals surface area contributed by atoms with Crippen molar-refractivity contribution >= 4 is 39.9 Å². The predicted molar refractivity (Wildman–Crippen MR) is 136 cm³/mol. The quantitative estimate of drug-likeness (QED) is 0.299. The van der Waals surface area contributed by atoms with E-state index in [1.165, 1.54) is 18.1 Å². The third-order valence-corrected chi connectivity index (χ3v) is 6.18. The first kappa shape index (κ1) is 23.5. The minimum absolute atomic E-state index is 0.0502.